The van der Waals surface area contributed by atoms with Gasteiger partial charge in [-0.1, -0.05) is 19.9 Å². The molecule has 2 heterocycles. The second-order valence-electron chi connectivity index (χ2n) is 9.46. The number of ether oxygens (including phenoxy) is 1. The minimum atomic E-state index is -3.85. The first-order valence-corrected chi connectivity index (χ1v) is 12.6. The fraction of sp³-hybridized carbons (Fsp3) is 0.360. The molecule has 0 atom stereocenters. The maximum Gasteiger partial charge on any atom is 0.246 e. The number of piperazine rings is 1. The molecule has 1 aliphatic heterocycles. The molecule has 0 unspecified atom stereocenters. The Morgan fingerprint density at radius 3 is 2.47 bits per heavy atom. The second-order valence-corrected chi connectivity index (χ2v) is 11.4. The van der Waals surface area contributed by atoms with E-state index in [2.05, 4.69) is 16.0 Å². The summed E-state index contributed by atoms with van der Waals surface area (Å²) in [4.78, 5) is 19.2. The summed E-state index contributed by atoms with van der Waals surface area (Å²) < 4.78 is 34.2. The van der Waals surface area contributed by atoms with Crippen LogP contribution in [-0.2, 0) is 15.4 Å². The van der Waals surface area contributed by atoms with Crippen LogP contribution in [0.5, 0.6) is 5.75 Å². The van der Waals surface area contributed by atoms with E-state index in [0.29, 0.717) is 53.9 Å². The van der Waals surface area contributed by atoms with Crippen LogP contribution in [0.1, 0.15) is 46.6 Å². The number of ketones is 1. The van der Waals surface area contributed by atoms with Gasteiger partial charge in [0.05, 0.1) is 24.3 Å². The lowest BCUT2D eigenvalue weighted by Crippen LogP contribution is -2.47. The Kier molecular flexibility index (Phi) is 5.09. The van der Waals surface area contributed by atoms with Gasteiger partial charge in [-0.15, -0.1) is 0 Å². The second kappa shape index (κ2) is 7.67. The van der Waals surface area contributed by atoms with Crippen LogP contribution in [0.2, 0.25) is 0 Å². The third-order valence-electron chi connectivity index (χ3n) is 7.08. The Morgan fingerprint density at radius 2 is 1.82 bits per heavy atom. The van der Waals surface area contributed by atoms with Gasteiger partial charge in [0.25, 0.3) is 0 Å². The lowest BCUT2D eigenvalue weighted by molar-refractivity contribution is 0.103. The van der Waals surface area contributed by atoms with Crippen molar-refractivity contribution in [2.75, 3.05) is 40.3 Å². The minimum absolute atomic E-state index is 0.0116. The normalized spacial score (nSPS) is 18.4. The van der Waals surface area contributed by atoms with Crippen molar-refractivity contribution in [2.24, 2.45) is 0 Å². The first kappa shape index (κ1) is 22.6. The van der Waals surface area contributed by atoms with Gasteiger partial charge in [-0.3, -0.25) is 4.79 Å². The van der Waals surface area contributed by atoms with E-state index in [9.17, 15) is 18.5 Å². The predicted octanol–water partition coefficient (Wildman–Crippen LogP) is 2.85. The number of H-pyrrole nitrogens is 1. The van der Waals surface area contributed by atoms with E-state index in [1.54, 1.807) is 24.3 Å². The Hall–Kier alpha value is -3.19. The first-order chi connectivity index (χ1) is 16.1. The number of rotatable bonds is 3. The summed E-state index contributed by atoms with van der Waals surface area (Å²) in [6.45, 7) is 6.03. The number of nitriles is 1. The van der Waals surface area contributed by atoms with E-state index >= 15 is 0 Å². The zero-order valence-corrected chi connectivity index (χ0v) is 20.4. The summed E-state index contributed by atoms with van der Waals surface area (Å²) in [5.74, 6) is -0.0114. The number of fused-ring (bicyclic) bond motifs is 4. The van der Waals surface area contributed by atoms with E-state index in [4.69, 9.17) is 4.74 Å². The summed E-state index contributed by atoms with van der Waals surface area (Å²) in [6.07, 6.45) is 0. The van der Waals surface area contributed by atoms with E-state index in [-0.39, 0.29) is 16.4 Å². The highest BCUT2D eigenvalue weighted by Gasteiger charge is 2.42. The number of likely N-dealkylation sites (N-methyl/N-ethyl adjacent to an activating group) is 1. The number of nitrogens with one attached hydrogen (secondary N) is 1. The summed E-state index contributed by atoms with van der Waals surface area (Å²) in [7, 11) is -0.447. The van der Waals surface area contributed by atoms with Gasteiger partial charge in [0.1, 0.15) is 10.6 Å². The number of benzene rings is 2. The number of hydrogen-bond donors (Lipinski definition) is 1. The molecule has 9 heteroatoms. The lowest BCUT2D eigenvalue weighted by Gasteiger charge is -2.34. The quantitative estimate of drug-likeness (QED) is 0.620. The molecule has 8 nitrogen and oxygen atoms in total. The molecule has 1 aliphatic carbocycles. The Balaban J connectivity index is 1.71. The molecular formula is C25H26N4O4S. The van der Waals surface area contributed by atoms with Gasteiger partial charge in [-0.25, -0.2) is 8.42 Å². The fourth-order valence-corrected chi connectivity index (χ4v) is 6.62. The number of aromatic amines is 1. The number of nitrogens with zero attached hydrogens (tertiary/aromatic N) is 3. The smallest absolute Gasteiger partial charge is 0.246 e. The zero-order chi connectivity index (χ0) is 24.4. The highest BCUT2D eigenvalue weighted by Crippen LogP contribution is 2.46. The molecule has 1 fully saturated rings. The number of sulfonamides is 1. The summed E-state index contributed by atoms with van der Waals surface area (Å²) in [5.41, 5.74) is 2.90. The largest absolute Gasteiger partial charge is 0.495 e. The summed E-state index contributed by atoms with van der Waals surface area (Å²) >= 11 is 0. The molecule has 1 N–H and O–H groups in total. The Labute approximate surface area is 198 Å². The molecule has 176 valence electrons. The number of carbonyl (C=O) groups is 1. The van der Waals surface area contributed by atoms with E-state index in [1.165, 1.54) is 17.5 Å². The topological polar surface area (TPSA) is 106 Å². The van der Waals surface area contributed by atoms with E-state index in [1.807, 2.05) is 20.9 Å². The number of aromatic nitrogens is 1. The van der Waals surface area contributed by atoms with E-state index in [0.717, 1.165) is 11.1 Å². The van der Waals surface area contributed by atoms with Gasteiger partial charge >= 0.3 is 0 Å². The molecule has 2 aromatic carbocycles. The summed E-state index contributed by atoms with van der Waals surface area (Å²) in [6, 6.07) is 10.5. The molecular weight excluding hydrogens is 452 g/mol. The number of methoxy groups -OCH3 is 1. The van der Waals surface area contributed by atoms with Gasteiger partial charge in [-0.2, -0.15) is 9.57 Å². The van der Waals surface area contributed by atoms with Crippen LogP contribution >= 0.6 is 0 Å². The average Bonchev–Trinajstić information content (AvgIpc) is 3.22. The van der Waals surface area contributed by atoms with Crippen LogP contribution < -0.4 is 4.74 Å². The van der Waals surface area contributed by atoms with Crippen LogP contribution in [0.4, 0.5) is 0 Å². The van der Waals surface area contributed by atoms with Crippen molar-refractivity contribution in [1.29, 1.82) is 5.26 Å². The van der Waals surface area contributed by atoms with Crippen LogP contribution in [0, 0.1) is 11.3 Å². The van der Waals surface area contributed by atoms with Crippen LogP contribution in [-0.4, -0.2) is 68.7 Å². The van der Waals surface area contributed by atoms with Crippen molar-refractivity contribution in [1.82, 2.24) is 14.2 Å². The standard InChI is InChI=1S/C25H26N4O4S/c1-25(2)18-13-20(33-4)21(34(31,32)29-9-7-28(3)8-10-29)12-17(18)23(30)22-16-6-5-15(14-26)11-19(16)27-24(22)25/h5-6,11-13,27H,7-10H2,1-4H3. The molecule has 2 aliphatic rings. The zero-order valence-electron chi connectivity index (χ0n) is 19.6. The Bertz CT molecular complexity index is 1490. The van der Waals surface area contributed by atoms with Gasteiger partial charge in [0.2, 0.25) is 10.0 Å². The van der Waals surface area contributed by atoms with Gasteiger partial charge in [0.15, 0.2) is 5.78 Å². The maximum absolute atomic E-state index is 13.8. The summed E-state index contributed by atoms with van der Waals surface area (Å²) in [5, 5.41) is 9.99. The lowest BCUT2D eigenvalue weighted by atomic mass is 9.71. The predicted molar refractivity (Wildman–Crippen MR) is 128 cm³/mol. The van der Waals surface area contributed by atoms with Crippen molar-refractivity contribution in [2.45, 2.75) is 24.2 Å². The fourth-order valence-electron chi connectivity index (χ4n) is 5.03. The Morgan fingerprint density at radius 1 is 1.12 bits per heavy atom. The molecule has 1 aromatic heterocycles. The van der Waals surface area contributed by atoms with Gasteiger partial charge in [-0.05, 0) is 36.9 Å². The van der Waals surface area contributed by atoms with Gasteiger partial charge in [0, 0.05) is 53.8 Å². The molecule has 0 radical (unpaired) electrons. The molecule has 34 heavy (non-hydrogen) atoms. The molecule has 5 rings (SSSR count). The molecule has 1 saturated heterocycles. The van der Waals surface area contributed by atoms with Crippen LogP contribution in [0.25, 0.3) is 10.9 Å². The molecule has 0 saturated carbocycles. The minimum Gasteiger partial charge on any atom is -0.495 e. The molecule has 0 bridgehead atoms. The van der Waals surface area contributed by atoms with Crippen LogP contribution in [0.15, 0.2) is 35.2 Å². The maximum atomic E-state index is 13.8. The number of hydrogen-bond acceptors (Lipinski definition) is 6. The monoisotopic (exact) mass is 478 g/mol. The van der Waals surface area contributed by atoms with Crippen molar-refractivity contribution in [3.63, 3.8) is 0 Å². The van der Waals surface area contributed by atoms with Crippen molar-refractivity contribution < 1.29 is 17.9 Å². The molecule has 3 aromatic rings. The van der Waals surface area contributed by atoms with Crippen molar-refractivity contribution in [3.8, 4) is 11.8 Å². The third kappa shape index (κ3) is 3.17. The molecule has 0 amide bonds. The molecule has 0 spiro atoms. The highest BCUT2D eigenvalue weighted by molar-refractivity contribution is 7.89. The third-order valence-corrected chi connectivity index (χ3v) is 9.00. The van der Waals surface area contributed by atoms with E-state index < -0.39 is 15.4 Å². The first-order valence-electron chi connectivity index (χ1n) is 11.1. The van der Waals surface area contributed by atoms with Crippen molar-refractivity contribution >= 4 is 26.7 Å². The van der Waals surface area contributed by atoms with Crippen molar-refractivity contribution in [3.05, 3.63) is 58.3 Å². The SMILES string of the molecule is COc1cc2c(cc1S(=O)(=O)N1CCN(C)CC1)C(=O)c1c([nH]c3cc(C#N)ccc13)C2(C)C. The number of carbonyl (C=O) groups excluding carboxylic acids is 1. The van der Waals surface area contributed by atoms with Crippen LogP contribution in [0.3, 0.4) is 0 Å². The highest BCUT2D eigenvalue weighted by atomic mass is 32.2. The van der Waals surface area contributed by atoms with Gasteiger partial charge < -0.3 is 14.6 Å². The average molecular weight is 479 g/mol.